The number of rotatable bonds is 5. The molecule has 0 amide bonds. The zero-order valence-corrected chi connectivity index (χ0v) is 28.8. The minimum absolute atomic E-state index is 0. The van der Waals surface area contributed by atoms with Gasteiger partial charge in [0.25, 0.3) is 0 Å². The average molecular weight is 794 g/mol. The summed E-state index contributed by atoms with van der Waals surface area (Å²) in [5.41, 5.74) is 8.45. The molecular formula is C40H32N5OPt-3. The first-order chi connectivity index (χ1) is 22.3. The van der Waals surface area contributed by atoms with E-state index in [0.717, 1.165) is 55.8 Å². The molecule has 0 saturated carbocycles. The van der Waals surface area contributed by atoms with Gasteiger partial charge in [-0.3, -0.25) is 4.98 Å². The van der Waals surface area contributed by atoms with Gasteiger partial charge in [-0.25, -0.2) is 4.98 Å². The first-order valence-corrected chi connectivity index (χ1v) is 15.4. The van der Waals surface area contributed by atoms with Gasteiger partial charge in [0.15, 0.2) is 0 Å². The van der Waals surface area contributed by atoms with Crippen LogP contribution in [0.15, 0.2) is 116 Å². The number of anilines is 3. The van der Waals surface area contributed by atoms with Crippen LogP contribution in [0.4, 0.5) is 17.1 Å². The second kappa shape index (κ2) is 12.0. The van der Waals surface area contributed by atoms with E-state index in [4.69, 9.17) is 9.72 Å². The third-order valence-corrected chi connectivity index (χ3v) is 8.53. The molecule has 0 radical (unpaired) electrons. The van der Waals surface area contributed by atoms with Crippen molar-refractivity contribution < 1.29 is 25.8 Å². The summed E-state index contributed by atoms with van der Waals surface area (Å²) in [5, 5.41) is 2.20. The van der Waals surface area contributed by atoms with Crippen molar-refractivity contribution in [3.63, 3.8) is 0 Å². The number of pyridine rings is 2. The molecule has 6 nitrogen and oxygen atoms in total. The summed E-state index contributed by atoms with van der Waals surface area (Å²) in [4.78, 5) is 13.6. The second-order valence-corrected chi connectivity index (χ2v) is 12.6. The van der Waals surface area contributed by atoms with E-state index in [-0.39, 0.29) is 26.5 Å². The number of ether oxygens (including phenoxy) is 1. The van der Waals surface area contributed by atoms with Crippen LogP contribution in [0.3, 0.4) is 0 Å². The van der Waals surface area contributed by atoms with E-state index in [1.807, 2.05) is 50.2 Å². The molecule has 47 heavy (non-hydrogen) atoms. The smallest absolute Gasteiger partial charge is 0.135 e. The Kier molecular flexibility index (Phi) is 7.85. The Balaban J connectivity index is 0.00000351. The van der Waals surface area contributed by atoms with Gasteiger partial charge in [-0.15, -0.1) is 17.5 Å². The summed E-state index contributed by atoms with van der Waals surface area (Å²) in [6, 6.07) is 42.5. The zero-order chi connectivity index (χ0) is 31.4. The van der Waals surface area contributed by atoms with Crippen LogP contribution in [-0.4, -0.2) is 21.6 Å². The minimum atomic E-state index is -0.0364. The zero-order valence-electron chi connectivity index (χ0n) is 26.5. The number of hydrogen-bond donors (Lipinski definition) is 0. The molecule has 7 heteroatoms. The van der Waals surface area contributed by atoms with E-state index in [0.29, 0.717) is 11.6 Å². The van der Waals surface area contributed by atoms with Crippen molar-refractivity contribution in [2.24, 2.45) is 0 Å². The van der Waals surface area contributed by atoms with Crippen LogP contribution in [0, 0.1) is 18.8 Å². The van der Waals surface area contributed by atoms with Crippen molar-refractivity contribution in [1.82, 2.24) is 14.5 Å². The molecule has 0 N–H and O–H groups in total. The number of benzene rings is 4. The van der Waals surface area contributed by atoms with Crippen molar-refractivity contribution in [3.8, 4) is 28.6 Å². The fourth-order valence-electron chi connectivity index (χ4n) is 6.23. The molecule has 0 fully saturated rings. The topological polar surface area (TPSA) is 46.4 Å². The van der Waals surface area contributed by atoms with Crippen molar-refractivity contribution in [3.05, 3.63) is 140 Å². The average Bonchev–Trinajstić information content (AvgIpc) is 3.59. The van der Waals surface area contributed by atoms with E-state index in [1.165, 1.54) is 5.56 Å². The predicted molar refractivity (Wildman–Crippen MR) is 186 cm³/mol. The summed E-state index contributed by atoms with van der Waals surface area (Å²) in [6.07, 6.45) is 3.65. The molecule has 1 aliphatic rings. The minimum Gasteiger partial charge on any atom is -0.504 e. The molecule has 0 saturated heterocycles. The number of nitrogens with zero attached hydrogens (tertiary/aromatic N) is 5. The van der Waals surface area contributed by atoms with E-state index < -0.39 is 0 Å². The fraction of sp³-hybridized carbons (Fsp3) is 0.125. The van der Waals surface area contributed by atoms with E-state index in [2.05, 4.69) is 125 Å². The maximum Gasteiger partial charge on any atom is 0.135 e. The van der Waals surface area contributed by atoms with Crippen LogP contribution >= 0.6 is 0 Å². The monoisotopic (exact) mass is 793 g/mol. The summed E-state index contributed by atoms with van der Waals surface area (Å²) in [7, 11) is 2.04. The van der Waals surface area contributed by atoms with Crippen molar-refractivity contribution >= 4 is 38.9 Å². The summed E-state index contributed by atoms with van der Waals surface area (Å²) < 4.78 is 8.59. The van der Waals surface area contributed by atoms with Crippen LogP contribution in [0.25, 0.3) is 38.8 Å². The maximum absolute atomic E-state index is 6.37. The van der Waals surface area contributed by atoms with Gasteiger partial charge in [0.1, 0.15) is 11.7 Å². The second-order valence-electron chi connectivity index (χ2n) is 12.6. The normalized spacial score (nSPS) is 12.8. The number of aromatic nitrogens is 3. The van der Waals surface area contributed by atoms with Crippen molar-refractivity contribution in [2.75, 3.05) is 16.8 Å². The Hall–Kier alpha value is -4.93. The third-order valence-electron chi connectivity index (χ3n) is 8.53. The van der Waals surface area contributed by atoms with Gasteiger partial charge >= 0.3 is 0 Å². The van der Waals surface area contributed by atoms with Gasteiger partial charge in [-0.1, -0.05) is 87.0 Å². The standard InChI is InChI=1S/C40H32N5O.Pt/c1-40(2,3)28-19-21-41-37(23-28)45-36-25-30(17-18-32(36)33-14-10-13-31(39(33)45)27-11-6-5-7-12-27)46-38-24-29(20-22-42-38)44-26-43(4)34-15-8-9-16-35(34)44;/h5-23,26H,1-4H3;/q-3;. The van der Waals surface area contributed by atoms with E-state index in [1.54, 1.807) is 6.20 Å². The van der Waals surface area contributed by atoms with E-state index >= 15 is 0 Å². The number of fused-ring (bicyclic) bond motifs is 4. The van der Waals surface area contributed by atoms with Gasteiger partial charge in [-0.05, 0) is 59.4 Å². The van der Waals surface area contributed by atoms with E-state index in [9.17, 15) is 0 Å². The largest absolute Gasteiger partial charge is 0.504 e. The molecule has 236 valence electrons. The van der Waals surface area contributed by atoms with Gasteiger partial charge in [0, 0.05) is 55.5 Å². The van der Waals surface area contributed by atoms with Crippen LogP contribution in [0.5, 0.6) is 11.6 Å². The summed E-state index contributed by atoms with van der Waals surface area (Å²) in [6.45, 7) is 8.71. The third kappa shape index (κ3) is 5.47. The van der Waals surface area contributed by atoms with Gasteiger partial charge in [0.05, 0.1) is 0 Å². The quantitative estimate of drug-likeness (QED) is 0.163. The van der Waals surface area contributed by atoms with Gasteiger partial charge in [0.2, 0.25) is 0 Å². The Morgan fingerprint density at radius 1 is 0.745 bits per heavy atom. The Morgan fingerprint density at radius 2 is 1.51 bits per heavy atom. The maximum atomic E-state index is 6.37. The molecule has 0 bridgehead atoms. The summed E-state index contributed by atoms with van der Waals surface area (Å²) in [5.74, 6) is 1.76. The molecule has 0 atom stereocenters. The molecular weight excluding hydrogens is 762 g/mol. The summed E-state index contributed by atoms with van der Waals surface area (Å²) >= 11 is 0. The van der Waals surface area contributed by atoms with Crippen LogP contribution in [0.1, 0.15) is 26.3 Å². The predicted octanol–water partition coefficient (Wildman–Crippen LogP) is 9.64. The first-order valence-electron chi connectivity index (χ1n) is 15.4. The number of hydrogen-bond acceptors (Lipinski definition) is 5. The Morgan fingerprint density at radius 3 is 2.32 bits per heavy atom. The fourth-order valence-corrected chi connectivity index (χ4v) is 6.23. The molecule has 0 unspecified atom stereocenters. The van der Waals surface area contributed by atoms with Crippen molar-refractivity contribution in [1.29, 1.82) is 0 Å². The molecule has 1 aliphatic heterocycles. The van der Waals surface area contributed by atoms with Crippen LogP contribution < -0.4 is 14.5 Å². The Bertz CT molecular complexity index is 2240. The molecule has 7 aromatic rings. The number of para-hydroxylation sites is 3. The Labute approximate surface area is 289 Å². The first kappa shape index (κ1) is 30.7. The molecule has 0 aliphatic carbocycles. The van der Waals surface area contributed by atoms with Gasteiger partial charge < -0.3 is 19.1 Å². The molecule has 0 spiro atoms. The van der Waals surface area contributed by atoms with Crippen molar-refractivity contribution in [2.45, 2.75) is 26.2 Å². The molecule has 4 aromatic carbocycles. The van der Waals surface area contributed by atoms with Gasteiger partial charge in [-0.2, -0.15) is 30.6 Å². The molecule has 4 heterocycles. The molecule has 3 aromatic heterocycles. The van der Waals surface area contributed by atoms with Crippen LogP contribution in [-0.2, 0) is 26.5 Å². The van der Waals surface area contributed by atoms with Crippen LogP contribution in [0.2, 0.25) is 0 Å². The molecule has 8 rings (SSSR count). The SMILES string of the molecule is CN1[CH-]N(c2[c-]c(Oc3[c-]c4c(cc3)c3cccc(-c5ccccc5)c3n4-c3cc(C(C)(C)C)ccn3)ncc2)c2ccccc21.[Pt].